The molecule has 7 nitrogen and oxygen atoms in total. The number of nitriles is 1. The molecule has 0 aliphatic heterocycles. The molecule has 0 saturated carbocycles. The number of ether oxygens (including phenoxy) is 1. The van der Waals surface area contributed by atoms with Crippen LogP contribution < -0.4 is 10.6 Å². The van der Waals surface area contributed by atoms with Crippen LogP contribution in [0.4, 0.5) is 5.69 Å². The molecule has 0 saturated heterocycles. The van der Waals surface area contributed by atoms with Crippen molar-refractivity contribution in [3.05, 3.63) is 65.2 Å². The van der Waals surface area contributed by atoms with Crippen LogP contribution in [0, 0.1) is 18.3 Å². The van der Waals surface area contributed by atoms with E-state index in [1.165, 1.54) is 13.0 Å². The summed E-state index contributed by atoms with van der Waals surface area (Å²) in [6.45, 7) is 2.86. The van der Waals surface area contributed by atoms with Crippen LogP contribution in [0.5, 0.6) is 0 Å². The van der Waals surface area contributed by atoms with Crippen molar-refractivity contribution in [3.63, 3.8) is 0 Å². The number of hydrogen-bond acceptors (Lipinski definition) is 5. The number of nitrogens with zero attached hydrogens (tertiary/aromatic N) is 1. The topological polar surface area (TPSA) is 108 Å². The number of nitrogens with one attached hydrogen (secondary N) is 2. The van der Waals surface area contributed by atoms with Crippen molar-refractivity contribution in [2.24, 2.45) is 0 Å². The minimum absolute atomic E-state index is 0.352. The first-order chi connectivity index (χ1) is 12.9. The van der Waals surface area contributed by atoms with Gasteiger partial charge in [-0.05, 0) is 43.7 Å². The number of aryl methyl sites for hydroxylation is 1. The summed E-state index contributed by atoms with van der Waals surface area (Å²) in [5, 5.41) is 13.9. The van der Waals surface area contributed by atoms with Crippen molar-refractivity contribution in [3.8, 4) is 6.07 Å². The van der Waals surface area contributed by atoms with Gasteiger partial charge in [-0.15, -0.1) is 0 Å². The summed E-state index contributed by atoms with van der Waals surface area (Å²) in [4.78, 5) is 36.0. The van der Waals surface area contributed by atoms with Crippen molar-refractivity contribution >= 4 is 23.5 Å². The minimum atomic E-state index is -1.06. The van der Waals surface area contributed by atoms with Crippen molar-refractivity contribution in [1.29, 1.82) is 5.26 Å². The molecule has 2 N–H and O–H groups in total. The molecular weight excluding hydrogens is 346 g/mol. The number of rotatable bonds is 6. The fourth-order valence-corrected chi connectivity index (χ4v) is 2.28. The number of anilines is 1. The Morgan fingerprint density at radius 2 is 1.89 bits per heavy atom. The summed E-state index contributed by atoms with van der Waals surface area (Å²) in [6.07, 6.45) is -1.06. The zero-order valence-corrected chi connectivity index (χ0v) is 15.0. The third kappa shape index (κ3) is 5.68. The lowest BCUT2D eigenvalue weighted by Gasteiger charge is -2.14. The highest BCUT2D eigenvalue weighted by molar-refractivity contribution is 5.98. The van der Waals surface area contributed by atoms with Gasteiger partial charge in [0.15, 0.2) is 6.10 Å². The molecule has 0 heterocycles. The van der Waals surface area contributed by atoms with Gasteiger partial charge in [0.25, 0.3) is 11.8 Å². The Labute approximate surface area is 156 Å². The van der Waals surface area contributed by atoms with Crippen molar-refractivity contribution in [2.75, 3.05) is 11.9 Å². The van der Waals surface area contributed by atoms with E-state index in [1.54, 1.807) is 43.3 Å². The average molecular weight is 365 g/mol. The highest BCUT2D eigenvalue weighted by atomic mass is 16.5. The van der Waals surface area contributed by atoms with Gasteiger partial charge in [0.05, 0.1) is 11.6 Å². The number of carbonyl (C=O) groups excluding carboxylic acids is 3. The fourth-order valence-electron chi connectivity index (χ4n) is 2.28. The second-order valence-corrected chi connectivity index (χ2v) is 5.81. The van der Waals surface area contributed by atoms with Crippen molar-refractivity contribution < 1.29 is 19.1 Å². The fraction of sp³-hybridized carbons (Fsp3) is 0.200. The van der Waals surface area contributed by atoms with E-state index in [-0.39, 0.29) is 6.54 Å². The summed E-state index contributed by atoms with van der Waals surface area (Å²) in [7, 11) is 0. The lowest BCUT2D eigenvalue weighted by atomic mass is 10.1. The minimum Gasteiger partial charge on any atom is -0.451 e. The van der Waals surface area contributed by atoms with Gasteiger partial charge in [0.2, 0.25) is 0 Å². The monoisotopic (exact) mass is 365 g/mol. The second-order valence-electron chi connectivity index (χ2n) is 5.81. The Kier molecular flexibility index (Phi) is 6.67. The van der Waals surface area contributed by atoms with Gasteiger partial charge >= 0.3 is 5.97 Å². The summed E-state index contributed by atoms with van der Waals surface area (Å²) in [6, 6.07) is 15.3. The molecule has 0 aliphatic rings. The van der Waals surface area contributed by atoms with E-state index in [0.717, 1.165) is 5.56 Å². The molecule has 2 amide bonds. The normalized spacial score (nSPS) is 11.0. The van der Waals surface area contributed by atoms with Crippen LogP contribution in [0.1, 0.15) is 28.4 Å². The Bertz CT molecular complexity index is 902. The quantitative estimate of drug-likeness (QED) is 0.763. The van der Waals surface area contributed by atoms with Crippen LogP contribution in [0.2, 0.25) is 0 Å². The van der Waals surface area contributed by atoms with Gasteiger partial charge in [-0.3, -0.25) is 14.4 Å². The predicted octanol–water partition coefficient (Wildman–Crippen LogP) is 2.17. The van der Waals surface area contributed by atoms with E-state index in [0.29, 0.717) is 16.8 Å². The first-order valence-corrected chi connectivity index (χ1v) is 8.25. The standard InChI is InChI=1S/C20H19N3O4/c1-13-6-3-4-9-17(13)20(26)22-12-18(24)27-14(2)19(25)23-16-8-5-7-15(10-16)11-21/h3-10,14H,12H2,1-2H3,(H,22,26)(H,23,25). The molecular formula is C20H19N3O4. The molecule has 0 radical (unpaired) electrons. The number of benzene rings is 2. The number of hydrogen-bond donors (Lipinski definition) is 2. The zero-order valence-electron chi connectivity index (χ0n) is 15.0. The maximum absolute atomic E-state index is 12.1. The molecule has 27 heavy (non-hydrogen) atoms. The third-order valence-corrected chi connectivity index (χ3v) is 3.72. The van der Waals surface area contributed by atoms with Crippen molar-refractivity contribution in [2.45, 2.75) is 20.0 Å². The summed E-state index contributed by atoms with van der Waals surface area (Å²) in [5.41, 5.74) is 2.08. The van der Waals surface area contributed by atoms with Gasteiger partial charge in [-0.1, -0.05) is 24.3 Å². The van der Waals surface area contributed by atoms with Gasteiger partial charge in [0, 0.05) is 11.3 Å². The van der Waals surface area contributed by atoms with Crippen LogP contribution >= 0.6 is 0 Å². The summed E-state index contributed by atoms with van der Waals surface area (Å²) < 4.78 is 5.03. The van der Waals surface area contributed by atoms with E-state index >= 15 is 0 Å². The molecule has 0 aromatic heterocycles. The maximum atomic E-state index is 12.1. The third-order valence-electron chi connectivity index (χ3n) is 3.72. The molecule has 0 fully saturated rings. The highest BCUT2D eigenvalue weighted by Gasteiger charge is 2.19. The zero-order chi connectivity index (χ0) is 19.8. The van der Waals surface area contributed by atoms with E-state index in [2.05, 4.69) is 10.6 Å². The van der Waals surface area contributed by atoms with Crippen LogP contribution in [0.15, 0.2) is 48.5 Å². The number of carbonyl (C=O) groups is 3. The summed E-state index contributed by atoms with van der Waals surface area (Å²) >= 11 is 0. The van der Waals surface area contributed by atoms with Crippen LogP contribution in [-0.4, -0.2) is 30.4 Å². The molecule has 0 bridgehead atoms. The average Bonchev–Trinajstić information content (AvgIpc) is 2.66. The van der Waals surface area contributed by atoms with Crippen LogP contribution in [0.25, 0.3) is 0 Å². The lowest BCUT2D eigenvalue weighted by Crippen LogP contribution is -2.36. The second kappa shape index (κ2) is 9.15. The SMILES string of the molecule is Cc1ccccc1C(=O)NCC(=O)OC(C)C(=O)Nc1cccc(C#N)c1. The van der Waals surface area contributed by atoms with Gasteiger partial charge in [-0.2, -0.15) is 5.26 Å². The molecule has 2 rings (SSSR count). The molecule has 0 spiro atoms. The molecule has 7 heteroatoms. The Hall–Kier alpha value is -3.66. The van der Waals surface area contributed by atoms with Gasteiger partial charge in [0.1, 0.15) is 6.54 Å². The maximum Gasteiger partial charge on any atom is 0.326 e. The van der Waals surface area contributed by atoms with E-state index in [4.69, 9.17) is 10.00 Å². The van der Waals surface area contributed by atoms with Gasteiger partial charge in [-0.25, -0.2) is 0 Å². The Balaban J connectivity index is 1.84. The predicted molar refractivity (Wildman–Crippen MR) is 98.9 cm³/mol. The summed E-state index contributed by atoms with van der Waals surface area (Å²) in [5.74, 6) is -1.66. The van der Waals surface area contributed by atoms with Crippen molar-refractivity contribution in [1.82, 2.24) is 5.32 Å². The highest BCUT2D eigenvalue weighted by Crippen LogP contribution is 2.11. The first kappa shape index (κ1) is 19.7. The van der Waals surface area contributed by atoms with Crippen LogP contribution in [0.3, 0.4) is 0 Å². The smallest absolute Gasteiger partial charge is 0.326 e. The van der Waals surface area contributed by atoms with E-state index in [9.17, 15) is 14.4 Å². The van der Waals surface area contributed by atoms with Crippen LogP contribution in [-0.2, 0) is 14.3 Å². The molecule has 0 aliphatic carbocycles. The molecule has 138 valence electrons. The van der Waals surface area contributed by atoms with E-state index in [1.807, 2.05) is 12.1 Å². The Morgan fingerprint density at radius 3 is 2.59 bits per heavy atom. The number of amides is 2. The van der Waals surface area contributed by atoms with E-state index < -0.39 is 23.9 Å². The molecule has 2 aromatic rings. The first-order valence-electron chi connectivity index (χ1n) is 8.25. The molecule has 1 unspecified atom stereocenters. The largest absolute Gasteiger partial charge is 0.451 e. The number of esters is 1. The Morgan fingerprint density at radius 1 is 1.15 bits per heavy atom. The lowest BCUT2D eigenvalue weighted by molar-refractivity contribution is -0.152. The molecule has 1 atom stereocenters. The molecule has 2 aromatic carbocycles. The van der Waals surface area contributed by atoms with Gasteiger partial charge < -0.3 is 15.4 Å².